The van der Waals surface area contributed by atoms with E-state index in [0.717, 1.165) is 29.0 Å². The first-order chi connectivity index (χ1) is 32.7. The van der Waals surface area contributed by atoms with E-state index >= 15 is 0 Å². The average molecular weight is 959 g/mol. The number of pyridine rings is 1. The Balaban J connectivity index is 0.888. The van der Waals surface area contributed by atoms with Crippen LogP contribution in [0.4, 0.5) is 29.5 Å². The Kier molecular flexibility index (Phi) is 14.2. The summed E-state index contributed by atoms with van der Waals surface area (Å²) in [6.07, 6.45) is -2.67. The van der Waals surface area contributed by atoms with Crippen LogP contribution in [0.1, 0.15) is 99.1 Å². The van der Waals surface area contributed by atoms with Crippen molar-refractivity contribution in [3.8, 4) is 17.1 Å². The molecule has 2 atom stereocenters. The van der Waals surface area contributed by atoms with Crippen LogP contribution in [0.25, 0.3) is 17.1 Å². The van der Waals surface area contributed by atoms with Gasteiger partial charge in [0.05, 0.1) is 24.2 Å². The number of hydrogen-bond donors (Lipinski definition) is 5. The van der Waals surface area contributed by atoms with Gasteiger partial charge >= 0.3 is 12.3 Å². The summed E-state index contributed by atoms with van der Waals surface area (Å²) in [5.41, 5.74) is 6.00. The number of carbonyl (C=O) groups is 7. The minimum absolute atomic E-state index is 0.0681. The molecule has 2 aliphatic heterocycles. The number of alkyl halides is 3. The number of rotatable bonds is 16. The highest BCUT2D eigenvalue weighted by molar-refractivity contribution is 6.07. The van der Waals surface area contributed by atoms with Gasteiger partial charge in [0.25, 0.3) is 23.6 Å². The number of aliphatic hydroxyl groups excluding tert-OH is 1. The molecule has 0 bridgehead atoms. The number of hydrogen-bond acceptors (Lipinski definition) is 14. The number of anilines is 2. The molecule has 1 saturated heterocycles. The van der Waals surface area contributed by atoms with Crippen LogP contribution in [0.3, 0.4) is 0 Å². The molecular weight excluding hydrogens is 914 g/mol. The number of oxazole rings is 1. The van der Waals surface area contributed by atoms with Crippen molar-refractivity contribution in [2.45, 2.75) is 70.5 Å². The van der Waals surface area contributed by atoms with E-state index in [0.29, 0.717) is 46.7 Å². The monoisotopic (exact) mass is 958 g/mol. The lowest BCUT2D eigenvalue weighted by molar-refractivity contribution is -0.139. The molecule has 69 heavy (non-hydrogen) atoms. The van der Waals surface area contributed by atoms with Crippen molar-refractivity contribution in [1.82, 2.24) is 35.3 Å². The number of imide groups is 1. The Bertz CT molecular complexity index is 2800. The molecule has 2 unspecified atom stereocenters. The molecule has 1 fully saturated rings. The number of aromatic nitrogens is 4. The smallest absolute Gasteiger partial charge is 0.416 e. The molecule has 2 aliphatic rings. The molecule has 0 spiro atoms. The van der Waals surface area contributed by atoms with E-state index < -0.39 is 77.9 Å². The number of nitrogens with zero attached hydrogens (tertiary/aromatic N) is 6. The van der Waals surface area contributed by atoms with Gasteiger partial charge in [-0.1, -0.05) is 12.1 Å². The summed E-state index contributed by atoms with van der Waals surface area (Å²) < 4.78 is 57.9. The van der Waals surface area contributed by atoms with Gasteiger partial charge in [0.15, 0.2) is 17.6 Å². The highest BCUT2D eigenvalue weighted by Crippen LogP contribution is 2.36. The molecular formula is C45H45F3N10O11. The number of aryl methyl sites for hydroxylation is 1. The first-order valence-electron chi connectivity index (χ1n) is 21.3. The molecule has 0 radical (unpaired) electrons. The predicted molar refractivity (Wildman–Crippen MR) is 235 cm³/mol. The Morgan fingerprint density at radius 2 is 1.77 bits per heavy atom. The number of nitrogens with two attached hydrogens (primary N) is 1. The Morgan fingerprint density at radius 1 is 1.01 bits per heavy atom. The maximum absolute atomic E-state index is 13.5. The molecule has 5 heterocycles. The van der Waals surface area contributed by atoms with E-state index in [2.05, 4.69) is 31.0 Å². The third-order valence-electron chi connectivity index (χ3n) is 10.5. The first kappa shape index (κ1) is 48.9. The Morgan fingerprint density at radius 3 is 2.46 bits per heavy atom. The Labute approximate surface area is 390 Å². The zero-order valence-electron chi connectivity index (χ0n) is 37.2. The van der Waals surface area contributed by atoms with Gasteiger partial charge in [-0.2, -0.15) is 18.3 Å². The van der Waals surface area contributed by atoms with Crippen molar-refractivity contribution in [3.63, 3.8) is 0 Å². The lowest BCUT2D eigenvalue weighted by atomic mass is 10.0. The number of halogens is 3. The average Bonchev–Trinajstić information content (AvgIpc) is 4.02. The summed E-state index contributed by atoms with van der Waals surface area (Å²) in [6.45, 7) is 3.53. The zero-order valence-corrected chi connectivity index (χ0v) is 37.2. The first-order valence-corrected chi connectivity index (χ1v) is 21.3. The van der Waals surface area contributed by atoms with Gasteiger partial charge in [-0.25, -0.2) is 19.4 Å². The highest BCUT2D eigenvalue weighted by Gasteiger charge is 2.44. The molecule has 6 N–H and O–H groups in total. The molecule has 0 aliphatic carbocycles. The second kappa shape index (κ2) is 20.1. The van der Waals surface area contributed by atoms with Crippen LogP contribution in [0.5, 0.6) is 0 Å². The number of primary amides is 1. The van der Waals surface area contributed by atoms with Gasteiger partial charge in [-0.15, -0.1) is 0 Å². The standard InChI is InChI=1S/C45H45F3N10O11/c1-44(2,3)69-43(66)56(23-45(46,47)48)33-20-26(14-15-50-33)40-53-31(22-68-40)38(62)52-30-21-57(55-35(30)36(49)60)27-9-7-25(8-10-27)37(61)51-16-18-67-17-4-5-24-6-11-28-29(19-24)42(65)58(41(28)64)32-12-13-34(59)54-39(32)63/h6-11,14-15,19-22,32,42,65H,4-5,12-13,16-18,23H2,1-3H3,(H2,49,60)(H,51,61)(H,52,62)(H,54,59,63). The number of aliphatic hydroxyl groups is 1. The number of benzene rings is 2. The molecule has 2 aromatic carbocycles. The highest BCUT2D eigenvalue weighted by atomic mass is 19.4. The van der Waals surface area contributed by atoms with Crippen LogP contribution in [0, 0.1) is 0 Å². The summed E-state index contributed by atoms with van der Waals surface area (Å²) in [5, 5.41) is 22.6. The van der Waals surface area contributed by atoms with E-state index in [4.69, 9.17) is 19.6 Å². The van der Waals surface area contributed by atoms with E-state index in [1.807, 2.05) is 0 Å². The van der Waals surface area contributed by atoms with E-state index in [-0.39, 0.29) is 54.5 Å². The SMILES string of the molecule is CC(C)(C)OC(=O)N(CC(F)(F)F)c1cc(-c2nc(C(=O)Nc3cn(-c4ccc(C(=O)NCCOCCCc5ccc6c(c5)C(O)N(C5CCC(=O)NC5=O)C6=O)cc4)nc3C(N)=O)co2)ccn1. The van der Waals surface area contributed by atoms with Crippen molar-refractivity contribution in [2.75, 3.05) is 36.5 Å². The van der Waals surface area contributed by atoms with E-state index in [9.17, 15) is 51.8 Å². The van der Waals surface area contributed by atoms with Crippen molar-refractivity contribution < 1.29 is 65.7 Å². The van der Waals surface area contributed by atoms with Crippen LogP contribution in [0.2, 0.25) is 0 Å². The van der Waals surface area contributed by atoms with E-state index in [1.54, 1.807) is 30.3 Å². The fourth-order valence-electron chi connectivity index (χ4n) is 7.33. The lowest BCUT2D eigenvalue weighted by Gasteiger charge is -2.31. The number of fused-ring (bicyclic) bond motifs is 1. The molecule has 362 valence electrons. The maximum atomic E-state index is 13.5. The van der Waals surface area contributed by atoms with E-state index in [1.165, 1.54) is 49.8 Å². The molecule has 5 aromatic rings. The zero-order chi connectivity index (χ0) is 49.8. The van der Waals surface area contributed by atoms with Crippen molar-refractivity contribution in [1.29, 1.82) is 0 Å². The van der Waals surface area contributed by atoms with Gasteiger partial charge in [0.2, 0.25) is 17.7 Å². The lowest BCUT2D eigenvalue weighted by Crippen LogP contribution is -2.53. The number of amides is 7. The van der Waals surface area contributed by atoms with Gasteiger partial charge in [-0.05, 0) is 88.1 Å². The van der Waals surface area contributed by atoms with Crippen LogP contribution in [-0.2, 0) is 25.5 Å². The van der Waals surface area contributed by atoms with Gasteiger partial charge in [0.1, 0.15) is 30.3 Å². The quantitative estimate of drug-likeness (QED) is 0.0685. The van der Waals surface area contributed by atoms with Crippen molar-refractivity contribution in [2.24, 2.45) is 5.73 Å². The molecule has 7 amide bonds. The molecule has 24 heteroatoms. The van der Waals surface area contributed by atoms with Crippen LogP contribution in [-0.4, -0.2) is 115 Å². The van der Waals surface area contributed by atoms with Crippen LogP contribution >= 0.6 is 0 Å². The second-order valence-corrected chi connectivity index (χ2v) is 16.8. The Hall–Kier alpha value is -7.99. The largest absolute Gasteiger partial charge is 0.444 e. The second-order valence-electron chi connectivity index (χ2n) is 16.8. The maximum Gasteiger partial charge on any atom is 0.416 e. The summed E-state index contributed by atoms with van der Waals surface area (Å²) in [7, 11) is 0. The summed E-state index contributed by atoms with van der Waals surface area (Å²) in [5.74, 6) is -4.41. The normalized spacial score (nSPS) is 15.9. The minimum Gasteiger partial charge on any atom is -0.444 e. The molecule has 0 saturated carbocycles. The third-order valence-corrected chi connectivity index (χ3v) is 10.5. The number of carbonyl (C=O) groups excluding carboxylic acids is 7. The predicted octanol–water partition coefficient (Wildman–Crippen LogP) is 4.21. The number of piperidine rings is 1. The topological polar surface area (TPSA) is 284 Å². The fraction of sp³-hybridized carbons (Fsp3) is 0.333. The van der Waals surface area contributed by atoms with Gasteiger partial charge in [0, 0.05) is 48.0 Å². The number of nitrogens with one attached hydrogen (secondary N) is 3. The number of ether oxygens (including phenoxy) is 2. The molecule has 3 aromatic heterocycles. The summed E-state index contributed by atoms with van der Waals surface area (Å²) >= 11 is 0. The van der Waals surface area contributed by atoms with Crippen molar-refractivity contribution in [3.05, 3.63) is 107 Å². The van der Waals surface area contributed by atoms with Crippen LogP contribution in [0.15, 0.2) is 77.7 Å². The molecule has 21 nitrogen and oxygen atoms in total. The van der Waals surface area contributed by atoms with Gasteiger partial charge in [-0.3, -0.25) is 43.9 Å². The summed E-state index contributed by atoms with van der Waals surface area (Å²) in [6, 6.07) is 12.7. The summed E-state index contributed by atoms with van der Waals surface area (Å²) in [4.78, 5) is 97.6. The van der Waals surface area contributed by atoms with Gasteiger partial charge < -0.3 is 35.4 Å². The fourth-order valence-corrected chi connectivity index (χ4v) is 7.33. The van der Waals surface area contributed by atoms with Crippen molar-refractivity contribution >= 4 is 53.0 Å². The minimum atomic E-state index is -4.80. The molecule has 7 rings (SSSR count). The third kappa shape index (κ3) is 11.8. The van der Waals surface area contributed by atoms with Crippen LogP contribution < -0.4 is 26.6 Å².